The Morgan fingerprint density at radius 1 is 1.05 bits per heavy atom. The van der Waals surface area contributed by atoms with Crippen molar-refractivity contribution in [2.45, 2.75) is 25.9 Å². The molecule has 0 aliphatic heterocycles. The Labute approximate surface area is 123 Å². The summed E-state index contributed by atoms with van der Waals surface area (Å²) in [6.45, 7) is 3.92. The molecule has 0 saturated heterocycles. The Kier molecular flexibility index (Phi) is 4.70. The van der Waals surface area contributed by atoms with Crippen LogP contribution >= 0.6 is 0 Å². The average Bonchev–Trinajstić information content (AvgIpc) is 2.41. The normalized spacial score (nSPS) is 14.0. The van der Waals surface area contributed by atoms with E-state index in [0.717, 1.165) is 17.2 Å². The lowest BCUT2D eigenvalue weighted by Gasteiger charge is -2.24. The van der Waals surface area contributed by atoms with E-state index >= 15 is 0 Å². The van der Waals surface area contributed by atoms with Crippen molar-refractivity contribution in [2.24, 2.45) is 5.73 Å². The van der Waals surface area contributed by atoms with Gasteiger partial charge in [0.2, 0.25) is 0 Å². The molecule has 21 heavy (non-hydrogen) atoms. The van der Waals surface area contributed by atoms with E-state index in [-0.39, 0.29) is 12.1 Å². The molecule has 2 aromatic carbocycles. The fraction of sp³-hybridized carbons (Fsp3) is 0.294. The summed E-state index contributed by atoms with van der Waals surface area (Å²) in [4.78, 5) is 0. The SMILES string of the molecule is Cc1ccc(C(O)C(CN)c2ccc(F)cc2F)c(C)c1. The van der Waals surface area contributed by atoms with Gasteiger partial charge < -0.3 is 10.8 Å². The number of rotatable bonds is 4. The molecular weight excluding hydrogens is 272 g/mol. The molecule has 0 bridgehead atoms. The third-order valence-electron chi connectivity index (χ3n) is 3.74. The molecule has 2 rings (SSSR count). The maximum absolute atomic E-state index is 13.9. The van der Waals surface area contributed by atoms with Crippen LogP contribution in [0, 0.1) is 25.5 Å². The standard InChI is InChI=1S/C17H19F2NO/c1-10-3-5-13(11(2)7-10)17(21)15(9-20)14-6-4-12(18)8-16(14)19/h3-8,15,17,21H,9,20H2,1-2H3. The van der Waals surface area contributed by atoms with Crippen LogP contribution in [0.5, 0.6) is 0 Å². The molecule has 0 fully saturated rings. The van der Waals surface area contributed by atoms with Crippen LogP contribution in [-0.4, -0.2) is 11.7 Å². The Bertz CT molecular complexity index is 643. The molecule has 3 N–H and O–H groups in total. The van der Waals surface area contributed by atoms with Crippen molar-refractivity contribution in [2.75, 3.05) is 6.54 Å². The number of aliphatic hydroxyl groups excluding tert-OH is 1. The minimum atomic E-state index is -0.935. The zero-order chi connectivity index (χ0) is 15.6. The third-order valence-corrected chi connectivity index (χ3v) is 3.74. The van der Waals surface area contributed by atoms with Crippen molar-refractivity contribution < 1.29 is 13.9 Å². The quantitative estimate of drug-likeness (QED) is 0.907. The van der Waals surface area contributed by atoms with Crippen molar-refractivity contribution in [1.82, 2.24) is 0 Å². The fourth-order valence-corrected chi connectivity index (χ4v) is 2.60. The van der Waals surface area contributed by atoms with Gasteiger partial charge in [-0.25, -0.2) is 8.78 Å². The van der Waals surface area contributed by atoms with Gasteiger partial charge in [-0.05, 0) is 36.6 Å². The smallest absolute Gasteiger partial charge is 0.129 e. The summed E-state index contributed by atoms with van der Waals surface area (Å²) in [7, 11) is 0. The molecule has 0 aliphatic carbocycles. The molecule has 0 amide bonds. The lowest BCUT2D eigenvalue weighted by Crippen LogP contribution is -2.22. The highest BCUT2D eigenvalue weighted by molar-refractivity contribution is 5.35. The van der Waals surface area contributed by atoms with Crippen LogP contribution in [0.1, 0.15) is 34.3 Å². The van der Waals surface area contributed by atoms with Gasteiger partial charge in [-0.2, -0.15) is 0 Å². The maximum atomic E-state index is 13.9. The number of aryl methyl sites for hydroxylation is 2. The van der Waals surface area contributed by atoms with Crippen LogP contribution in [0.2, 0.25) is 0 Å². The molecule has 0 aromatic heterocycles. The van der Waals surface area contributed by atoms with E-state index in [0.29, 0.717) is 5.56 Å². The molecular formula is C17H19F2NO. The largest absolute Gasteiger partial charge is 0.388 e. The van der Waals surface area contributed by atoms with E-state index in [9.17, 15) is 13.9 Å². The second-order valence-corrected chi connectivity index (χ2v) is 5.31. The zero-order valence-corrected chi connectivity index (χ0v) is 12.1. The second kappa shape index (κ2) is 6.33. The lowest BCUT2D eigenvalue weighted by atomic mass is 9.86. The van der Waals surface area contributed by atoms with Gasteiger partial charge in [0.15, 0.2) is 0 Å². The number of hydrogen-bond donors (Lipinski definition) is 2. The Morgan fingerprint density at radius 3 is 2.29 bits per heavy atom. The predicted molar refractivity (Wildman–Crippen MR) is 79.0 cm³/mol. The molecule has 0 spiro atoms. The molecule has 2 unspecified atom stereocenters. The second-order valence-electron chi connectivity index (χ2n) is 5.31. The summed E-state index contributed by atoms with van der Waals surface area (Å²) in [5.41, 5.74) is 8.65. The highest BCUT2D eigenvalue weighted by atomic mass is 19.1. The maximum Gasteiger partial charge on any atom is 0.129 e. The number of nitrogens with two attached hydrogens (primary N) is 1. The predicted octanol–water partition coefficient (Wildman–Crippen LogP) is 3.36. The van der Waals surface area contributed by atoms with E-state index in [1.807, 2.05) is 32.0 Å². The highest BCUT2D eigenvalue weighted by Crippen LogP contribution is 2.33. The molecule has 2 aromatic rings. The van der Waals surface area contributed by atoms with E-state index < -0.39 is 23.7 Å². The number of halogens is 2. The topological polar surface area (TPSA) is 46.2 Å². The fourth-order valence-electron chi connectivity index (χ4n) is 2.60. The van der Waals surface area contributed by atoms with Crippen molar-refractivity contribution >= 4 is 0 Å². The molecule has 0 aliphatic rings. The Hall–Kier alpha value is -1.78. The number of aliphatic hydroxyl groups is 1. The van der Waals surface area contributed by atoms with Gasteiger partial charge in [0.25, 0.3) is 0 Å². The van der Waals surface area contributed by atoms with Crippen LogP contribution in [0.3, 0.4) is 0 Å². The van der Waals surface area contributed by atoms with Gasteiger partial charge >= 0.3 is 0 Å². The molecule has 0 heterocycles. The minimum absolute atomic E-state index is 0.0665. The molecule has 2 atom stereocenters. The molecule has 0 saturated carbocycles. The van der Waals surface area contributed by atoms with Crippen LogP contribution in [0.15, 0.2) is 36.4 Å². The van der Waals surface area contributed by atoms with E-state index in [1.165, 1.54) is 12.1 Å². The first-order valence-electron chi connectivity index (χ1n) is 6.84. The summed E-state index contributed by atoms with van der Waals surface area (Å²) in [6, 6.07) is 8.99. The summed E-state index contributed by atoms with van der Waals surface area (Å²) in [5, 5.41) is 10.6. The van der Waals surface area contributed by atoms with Crippen LogP contribution < -0.4 is 5.73 Å². The van der Waals surface area contributed by atoms with Gasteiger partial charge in [0.1, 0.15) is 11.6 Å². The Morgan fingerprint density at radius 2 is 1.71 bits per heavy atom. The van der Waals surface area contributed by atoms with Crippen molar-refractivity contribution in [3.63, 3.8) is 0 Å². The van der Waals surface area contributed by atoms with Gasteiger partial charge in [-0.3, -0.25) is 0 Å². The Balaban J connectivity index is 2.40. The monoisotopic (exact) mass is 291 g/mol. The summed E-state index contributed by atoms with van der Waals surface area (Å²) in [6.07, 6.45) is -0.935. The summed E-state index contributed by atoms with van der Waals surface area (Å²) < 4.78 is 26.9. The summed E-state index contributed by atoms with van der Waals surface area (Å²) in [5.74, 6) is -1.95. The van der Waals surface area contributed by atoms with E-state index in [4.69, 9.17) is 5.73 Å². The number of benzene rings is 2. The van der Waals surface area contributed by atoms with Crippen molar-refractivity contribution in [1.29, 1.82) is 0 Å². The van der Waals surface area contributed by atoms with Crippen LogP contribution in [0.25, 0.3) is 0 Å². The van der Waals surface area contributed by atoms with Gasteiger partial charge in [0.05, 0.1) is 6.10 Å². The van der Waals surface area contributed by atoms with Gasteiger partial charge in [-0.15, -0.1) is 0 Å². The summed E-state index contributed by atoms with van der Waals surface area (Å²) >= 11 is 0. The van der Waals surface area contributed by atoms with Crippen molar-refractivity contribution in [3.05, 3.63) is 70.3 Å². The first-order chi connectivity index (χ1) is 9.93. The van der Waals surface area contributed by atoms with E-state index in [1.54, 1.807) is 0 Å². The number of hydrogen-bond acceptors (Lipinski definition) is 2. The first kappa shape index (κ1) is 15.6. The molecule has 0 radical (unpaired) electrons. The lowest BCUT2D eigenvalue weighted by molar-refractivity contribution is 0.145. The van der Waals surface area contributed by atoms with Crippen molar-refractivity contribution in [3.8, 4) is 0 Å². The van der Waals surface area contributed by atoms with Gasteiger partial charge in [0, 0.05) is 18.5 Å². The third kappa shape index (κ3) is 3.28. The zero-order valence-electron chi connectivity index (χ0n) is 12.1. The first-order valence-corrected chi connectivity index (χ1v) is 6.84. The molecule has 112 valence electrons. The van der Waals surface area contributed by atoms with Gasteiger partial charge in [-0.1, -0.05) is 29.8 Å². The average molecular weight is 291 g/mol. The van der Waals surface area contributed by atoms with Crippen LogP contribution in [-0.2, 0) is 0 Å². The highest BCUT2D eigenvalue weighted by Gasteiger charge is 2.25. The molecule has 2 nitrogen and oxygen atoms in total. The molecule has 4 heteroatoms. The van der Waals surface area contributed by atoms with E-state index in [2.05, 4.69) is 0 Å². The van der Waals surface area contributed by atoms with Crippen LogP contribution in [0.4, 0.5) is 8.78 Å². The minimum Gasteiger partial charge on any atom is -0.388 e.